The largest absolute Gasteiger partial charge is 0.455 e. The van der Waals surface area contributed by atoms with E-state index in [0.29, 0.717) is 0 Å². The van der Waals surface area contributed by atoms with E-state index in [1.165, 1.54) is 61.0 Å². The van der Waals surface area contributed by atoms with Crippen LogP contribution in [0.3, 0.4) is 0 Å². The topological polar surface area (TPSA) is 16.4 Å². The number of nitrogens with zero attached hydrogens (tertiary/aromatic N) is 1. The van der Waals surface area contributed by atoms with Gasteiger partial charge in [-0.25, -0.2) is 0 Å². The summed E-state index contributed by atoms with van der Waals surface area (Å²) >= 11 is 0. The van der Waals surface area contributed by atoms with Crippen LogP contribution < -0.4 is 4.90 Å². The molecule has 0 amide bonds. The molecule has 0 saturated carbocycles. The first kappa shape index (κ1) is 38.7. The Morgan fingerprint density at radius 1 is 0.328 bits per heavy atom. The Hall–Kier alpha value is -8.72. The fourth-order valence-electron chi connectivity index (χ4n) is 11.1. The second kappa shape index (κ2) is 15.8. The lowest BCUT2D eigenvalue weighted by molar-refractivity contribution is 0.673. The standard InChI is InChI=1S/C65H43NO/c1-6-20-44(21-7-1)45-34-36-50(37-35-45)66(51-38-39-54-53-31-18-19-33-58(53)65(59(54)42-51,48-26-12-4-13-27-48)49-28-14-5-15-29-49)60-40-41-61-63(62(60)47-24-10-3-11-25-47)57-43-56(46-22-8-2-9-23-46)52-30-16-17-32-55(52)64(57)67-61/h1-43H. The van der Waals surface area contributed by atoms with E-state index in [9.17, 15) is 0 Å². The first-order valence-electron chi connectivity index (χ1n) is 23.1. The van der Waals surface area contributed by atoms with Crippen LogP contribution >= 0.6 is 0 Å². The molecule has 1 heterocycles. The molecule has 314 valence electrons. The minimum Gasteiger partial charge on any atom is -0.455 e. The normalized spacial score (nSPS) is 12.6. The number of anilines is 3. The highest BCUT2D eigenvalue weighted by Crippen LogP contribution is 2.58. The van der Waals surface area contributed by atoms with Gasteiger partial charge in [-0.05, 0) is 109 Å². The van der Waals surface area contributed by atoms with Gasteiger partial charge in [-0.2, -0.15) is 0 Å². The van der Waals surface area contributed by atoms with Gasteiger partial charge < -0.3 is 9.32 Å². The molecule has 0 unspecified atom stereocenters. The average Bonchev–Trinajstić information content (AvgIpc) is 3.94. The Bertz CT molecular complexity index is 3730. The van der Waals surface area contributed by atoms with Gasteiger partial charge in [0, 0.05) is 33.1 Å². The van der Waals surface area contributed by atoms with Crippen LogP contribution in [-0.4, -0.2) is 0 Å². The highest BCUT2D eigenvalue weighted by atomic mass is 16.3. The molecule has 0 spiro atoms. The number of benzene rings is 11. The molecule has 0 bridgehead atoms. The highest BCUT2D eigenvalue weighted by molar-refractivity contribution is 6.24. The predicted molar refractivity (Wildman–Crippen MR) is 280 cm³/mol. The third-order valence-corrected chi connectivity index (χ3v) is 13.9. The Balaban J connectivity index is 1.13. The van der Waals surface area contributed by atoms with Crippen LogP contribution in [0.2, 0.25) is 0 Å². The molecule has 0 atom stereocenters. The molecule has 12 aromatic rings. The van der Waals surface area contributed by atoms with E-state index in [-0.39, 0.29) is 0 Å². The summed E-state index contributed by atoms with van der Waals surface area (Å²) in [6.07, 6.45) is 0. The Kier molecular flexibility index (Phi) is 9.11. The van der Waals surface area contributed by atoms with E-state index in [4.69, 9.17) is 4.42 Å². The van der Waals surface area contributed by atoms with E-state index in [1.807, 2.05) is 0 Å². The SMILES string of the molecule is c1ccc(-c2ccc(N(c3ccc4c(c3)C(c3ccccc3)(c3ccccc3)c3ccccc3-4)c3ccc4oc5c6ccccc6c(-c6ccccc6)cc5c4c3-c3ccccc3)cc2)cc1. The lowest BCUT2D eigenvalue weighted by Crippen LogP contribution is -2.28. The summed E-state index contributed by atoms with van der Waals surface area (Å²) in [5.74, 6) is 0. The Labute approximate surface area is 390 Å². The maximum absolute atomic E-state index is 7.03. The van der Waals surface area contributed by atoms with Gasteiger partial charge in [-0.1, -0.05) is 218 Å². The summed E-state index contributed by atoms with van der Waals surface area (Å²) in [6, 6.07) is 95.0. The molecular weight excluding hydrogens is 811 g/mol. The second-order valence-corrected chi connectivity index (χ2v) is 17.5. The van der Waals surface area contributed by atoms with Crippen LogP contribution in [-0.2, 0) is 5.41 Å². The van der Waals surface area contributed by atoms with Crippen molar-refractivity contribution in [1.29, 1.82) is 0 Å². The number of rotatable bonds is 8. The molecule has 11 aromatic carbocycles. The van der Waals surface area contributed by atoms with E-state index in [2.05, 4.69) is 266 Å². The molecule has 1 aliphatic rings. The van der Waals surface area contributed by atoms with Crippen LogP contribution in [0, 0.1) is 0 Å². The van der Waals surface area contributed by atoms with Crippen LogP contribution in [0.1, 0.15) is 22.3 Å². The number of furan rings is 1. The second-order valence-electron chi connectivity index (χ2n) is 17.5. The lowest BCUT2D eigenvalue weighted by atomic mass is 9.67. The van der Waals surface area contributed by atoms with Crippen molar-refractivity contribution in [3.63, 3.8) is 0 Å². The number of fused-ring (bicyclic) bond motifs is 8. The first-order chi connectivity index (χ1) is 33.3. The Morgan fingerprint density at radius 2 is 0.851 bits per heavy atom. The molecule has 1 aliphatic carbocycles. The maximum Gasteiger partial charge on any atom is 0.143 e. The molecule has 0 aliphatic heterocycles. The molecule has 1 aromatic heterocycles. The lowest BCUT2D eigenvalue weighted by Gasteiger charge is -2.35. The molecule has 2 nitrogen and oxygen atoms in total. The zero-order valence-electron chi connectivity index (χ0n) is 36.7. The van der Waals surface area contributed by atoms with E-state index < -0.39 is 5.41 Å². The fourth-order valence-corrected chi connectivity index (χ4v) is 11.1. The van der Waals surface area contributed by atoms with Gasteiger partial charge in [0.05, 0.1) is 11.1 Å². The third kappa shape index (κ3) is 6.11. The summed E-state index contributed by atoms with van der Waals surface area (Å²) < 4.78 is 7.03. The molecule has 2 heteroatoms. The van der Waals surface area contributed by atoms with E-state index in [0.717, 1.165) is 55.5 Å². The van der Waals surface area contributed by atoms with Crippen LogP contribution in [0.15, 0.2) is 265 Å². The molecule has 0 N–H and O–H groups in total. The maximum atomic E-state index is 7.03. The van der Waals surface area contributed by atoms with Crippen molar-refractivity contribution in [3.05, 3.63) is 283 Å². The summed E-state index contributed by atoms with van der Waals surface area (Å²) in [5, 5.41) is 4.44. The first-order valence-corrected chi connectivity index (χ1v) is 23.1. The molecule has 13 rings (SSSR count). The summed E-state index contributed by atoms with van der Waals surface area (Å²) in [7, 11) is 0. The van der Waals surface area contributed by atoms with Crippen molar-refractivity contribution in [2.45, 2.75) is 5.41 Å². The number of hydrogen-bond acceptors (Lipinski definition) is 2. The fraction of sp³-hybridized carbons (Fsp3) is 0.0154. The van der Waals surface area contributed by atoms with E-state index >= 15 is 0 Å². The van der Waals surface area contributed by atoms with Gasteiger partial charge in [0.2, 0.25) is 0 Å². The average molecular weight is 854 g/mol. The van der Waals surface area contributed by atoms with Crippen LogP contribution in [0.4, 0.5) is 17.1 Å². The summed E-state index contributed by atoms with van der Waals surface area (Å²) in [4.78, 5) is 2.47. The van der Waals surface area contributed by atoms with Crippen molar-refractivity contribution >= 4 is 49.8 Å². The zero-order valence-corrected chi connectivity index (χ0v) is 36.7. The van der Waals surface area contributed by atoms with Crippen molar-refractivity contribution in [2.24, 2.45) is 0 Å². The van der Waals surface area contributed by atoms with Crippen LogP contribution in [0.25, 0.3) is 77.2 Å². The van der Waals surface area contributed by atoms with Crippen molar-refractivity contribution in [3.8, 4) is 44.5 Å². The minimum atomic E-state index is -0.560. The summed E-state index contributed by atoms with van der Waals surface area (Å²) in [5.41, 5.74) is 18.8. The minimum absolute atomic E-state index is 0.560. The quantitative estimate of drug-likeness (QED) is 0.151. The van der Waals surface area contributed by atoms with Crippen molar-refractivity contribution < 1.29 is 4.42 Å². The smallest absolute Gasteiger partial charge is 0.143 e. The monoisotopic (exact) mass is 853 g/mol. The molecular formula is C65H43NO. The third-order valence-electron chi connectivity index (χ3n) is 13.9. The molecule has 0 saturated heterocycles. The van der Waals surface area contributed by atoms with Gasteiger partial charge in [0.15, 0.2) is 0 Å². The van der Waals surface area contributed by atoms with Gasteiger partial charge in [-0.3, -0.25) is 0 Å². The molecule has 67 heavy (non-hydrogen) atoms. The number of hydrogen-bond donors (Lipinski definition) is 0. The van der Waals surface area contributed by atoms with Crippen molar-refractivity contribution in [1.82, 2.24) is 0 Å². The van der Waals surface area contributed by atoms with Gasteiger partial charge in [0.1, 0.15) is 11.2 Å². The summed E-state index contributed by atoms with van der Waals surface area (Å²) in [6.45, 7) is 0. The molecule has 0 radical (unpaired) electrons. The predicted octanol–water partition coefficient (Wildman–Crippen LogP) is 17.6. The van der Waals surface area contributed by atoms with Gasteiger partial charge in [0.25, 0.3) is 0 Å². The molecule has 0 fully saturated rings. The van der Waals surface area contributed by atoms with Gasteiger partial charge >= 0.3 is 0 Å². The zero-order chi connectivity index (χ0) is 44.3. The van der Waals surface area contributed by atoms with Gasteiger partial charge in [-0.15, -0.1) is 0 Å². The highest BCUT2D eigenvalue weighted by Gasteiger charge is 2.46. The van der Waals surface area contributed by atoms with Crippen molar-refractivity contribution in [2.75, 3.05) is 4.90 Å². The Morgan fingerprint density at radius 3 is 1.52 bits per heavy atom. The van der Waals surface area contributed by atoms with Crippen LogP contribution in [0.5, 0.6) is 0 Å². The van der Waals surface area contributed by atoms with E-state index in [1.54, 1.807) is 0 Å².